The highest BCUT2D eigenvalue weighted by atomic mass is 35.5. The second kappa shape index (κ2) is 17.3. The Kier molecular flexibility index (Phi) is 14.7. The molecule has 0 aliphatic carbocycles. The first kappa shape index (κ1) is 41.5. The number of ether oxygens (including phenoxy) is 2. The maximum atomic E-state index is 13.4. The number of pyridine rings is 1. The Morgan fingerprint density at radius 3 is 1.98 bits per heavy atom. The topological polar surface area (TPSA) is 109 Å². The quantitative estimate of drug-likeness (QED) is 0.113. The van der Waals surface area contributed by atoms with Gasteiger partial charge in [-0.1, -0.05) is 49.0 Å². The van der Waals surface area contributed by atoms with E-state index in [4.69, 9.17) is 21.1 Å². The molecule has 0 aliphatic heterocycles. The fraction of sp³-hybridized carbons (Fsp3) is 0.367. The van der Waals surface area contributed by atoms with Gasteiger partial charge in [0.25, 0.3) is 6.43 Å². The lowest BCUT2D eigenvalue weighted by Crippen LogP contribution is -2.23. The molecule has 0 unspecified atom stereocenters. The van der Waals surface area contributed by atoms with E-state index in [1.54, 1.807) is 20.8 Å². The van der Waals surface area contributed by atoms with E-state index in [2.05, 4.69) is 4.98 Å². The van der Waals surface area contributed by atoms with E-state index in [1.807, 2.05) is 0 Å². The molecular weight excluding hydrogens is 736 g/mol. The van der Waals surface area contributed by atoms with E-state index in [0.29, 0.717) is 23.5 Å². The van der Waals surface area contributed by atoms with Crippen molar-refractivity contribution in [3.63, 3.8) is 0 Å². The molecule has 0 saturated heterocycles. The summed E-state index contributed by atoms with van der Waals surface area (Å²) in [5.74, 6) is -0.148. The number of hydrogen-bond donors (Lipinski definition) is 0. The molecule has 49 heavy (non-hydrogen) atoms. The third kappa shape index (κ3) is 10.9. The first-order valence-corrected chi connectivity index (χ1v) is 16.5. The van der Waals surface area contributed by atoms with E-state index >= 15 is 0 Å². The van der Waals surface area contributed by atoms with Crippen molar-refractivity contribution in [1.29, 1.82) is 0 Å². The van der Waals surface area contributed by atoms with Gasteiger partial charge in [0.15, 0.2) is 5.69 Å². The van der Waals surface area contributed by atoms with Crippen molar-refractivity contribution in [3.8, 4) is 17.2 Å². The zero-order valence-electron chi connectivity index (χ0n) is 26.1. The highest BCUT2D eigenvalue weighted by Crippen LogP contribution is 2.41. The fourth-order valence-electron chi connectivity index (χ4n) is 4.15. The van der Waals surface area contributed by atoms with Crippen molar-refractivity contribution >= 4 is 51.0 Å². The number of alkyl halides is 8. The van der Waals surface area contributed by atoms with E-state index < -0.39 is 62.0 Å². The van der Waals surface area contributed by atoms with E-state index in [0.717, 1.165) is 18.2 Å². The Labute approximate surface area is 288 Å². The molecule has 0 N–H and O–H groups in total. The fourth-order valence-corrected chi connectivity index (χ4v) is 5.22. The number of hydrogen-bond acceptors (Lipinski definition) is 9. The van der Waals surface area contributed by atoms with Crippen LogP contribution in [0, 0.1) is 16.0 Å². The highest BCUT2D eigenvalue weighted by Gasteiger charge is 2.42. The molecule has 0 aliphatic rings. The Morgan fingerprint density at radius 2 is 1.53 bits per heavy atom. The number of carbonyl (C=O) groups excluding carboxylic acids is 2. The molecule has 19 heteroatoms. The average molecular weight is 763 g/mol. The van der Waals surface area contributed by atoms with Crippen LogP contribution in [0.25, 0.3) is 0 Å². The molecule has 1 heterocycles. The minimum atomic E-state index is -5.10. The Morgan fingerprint density at radius 1 is 0.939 bits per heavy atom. The molecule has 0 radical (unpaired) electrons. The van der Waals surface area contributed by atoms with Crippen LogP contribution in [0.15, 0.2) is 36.4 Å². The summed E-state index contributed by atoms with van der Waals surface area (Å²) in [6.45, 7) is 5.15. The number of carbonyl (C=O) groups is 2. The summed E-state index contributed by atoms with van der Waals surface area (Å²) in [7, 11) is 0. The second-order valence-corrected chi connectivity index (χ2v) is 12.0. The number of rotatable bonds is 10. The lowest BCUT2D eigenvalue weighted by atomic mass is 9.92. The molecule has 0 saturated carbocycles. The molecule has 3 rings (SSSR count). The highest BCUT2D eigenvalue weighted by molar-refractivity contribution is 8.13. The van der Waals surface area contributed by atoms with E-state index in [9.17, 15) is 54.8 Å². The number of nitrogens with zero attached hydrogens (tertiary/aromatic N) is 2. The van der Waals surface area contributed by atoms with E-state index in [-0.39, 0.29) is 52.5 Å². The maximum absolute atomic E-state index is 13.4. The van der Waals surface area contributed by atoms with Gasteiger partial charge in [-0.3, -0.25) is 19.7 Å². The Hall–Kier alpha value is -3.64. The predicted molar refractivity (Wildman–Crippen MR) is 169 cm³/mol. The number of aromatic nitrogens is 1. The van der Waals surface area contributed by atoms with Gasteiger partial charge < -0.3 is 9.47 Å². The van der Waals surface area contributed by atoms with Gasteiger partial charge in [0.05, 0.1) is 33.2 Å². The molecule has 0 spiro atoms. The largest absolute Gasteiger partial charge is 0.487 e. The number of nitro benzene ring substituents is 1. The van der Waals surface area contributed by atoms with E-state index in [1.165, 1.54) is 30.7 Å². The molecule has 8 nitrogen and oxygen atoms in total. The van der Waals surface area contributed by atoms with Crippen molar-refractivity contribution in [2.24, 2.45) is 5.92 Å². The summed E-state index contributed by atoms with van der Waals surface area (Å²) in [5, 5.41) is 8.86. The van der Waals surface area contributed by atoms with Gasteiger partial charge in [-0.15, -0.1) is 0 Å². The lowest BCUT2D eigenvalue weighted by molar-refractivity contribution is -0.385. The van der Waals surface area contributed by atoms with Crippen LogP contribution in [0.3, 0.4) is 0 Å². The Bertz CT molecular complexity index is 1690. The molecule has 268 valence electrons. The van der Waals surface area contributed by atoms with Crippen molar-refractivity contribution in [1.82, 2.24) is 4.98 Å². The van der Waals surface area contributed by atoms with Crippen LogP contribution in [-0.2, 0) is 18.8 Å². The molecule has 1 aromatic heterocycles. The van der Waals surface area contributed by atoms with Crippen LogP contribution in [0.2, 0.25) is 5.02 Å². The standard InChI is InChI=1S/C15H11ClF3NO4.C15H16F5NO2S2/c1-2-23-14-8-10(4-5-12(14)20(21)22)24-13-6-3-9(7-11(13)16)15(17,18)19;1-6(2)5-7-8(13(22)24-3)10(12(16)17)21-11(15(18,19)20)9(7)14(23)25-4/h3-8H,2H2,1H3;6,12H,5H2,1-4H3. The monoisotopic (exact) mass is 762 g/mol. The van der Waals surface area contributed by atoms with Crippen molar-refractivity contribution in [2.75, 3.05) is 19.1 Å². The number of benzene rings is 2. The molecule has 0 atom stereocenters. The summed E-state index contributed by atoms with van der Waals surface area (Å²) in [5.41, 5.74) is -5.78. The summed E-state index contributed by atoms with van der Waals surface area (Å²) >= 11 is 6.89. The zero-order chi connectivity index (χ0) is 37.4. The van der Waals surface area contributed by atoms with Gasteiger partial charge in [-0.25, -0.2) is 13.8 Å². The first-order chi connectivity index (χ1) is 22.7. The molecule has 3 aromatic rings. The van der Waals surface area contributed by atoms with Crippen molar-refractivity contribution in [3.05, 3.63) is 85.2 Å². The summed E-state index contributed by atoms with van der Waals surface area (Å²) in [6.07, 6.45) is -10.5. The van der Waals surface area contributed by atoms with Crippen molar-refractivity contribution < 1.29 is 59.1 Å². The minimum Gasteiger partial charge on any atom is -0.487 e. The number of nitro groups is 1. The SMILES string of the molecule is CCOc1cc(Oc2ccc(C(F)(F)F)cc2Cl)ccc1[N+](=O)[O-].CSC(=O)c1c(C(F)F)nc(C(F)(F)F)c(C(=O)SC)c1CC(C)C. The summed E-state index contributed by atoms with van der Waals surface area (Å²) in [6, 6.07) is 6.40. The van der Waals surface area contributed by atoms with Crippen LogP contribution in [0.4, 0.5) is 40.8 Å². The van der Waals surface area contributed by atoms with Gasteiger partial charge in [-0.05, 0) is 61.6 Å². The molecule has 0 fully saturated rings. The smallest absolute Gasteiger partial charge is 0.434 e. The number of halogens is 9. The van der Waals surface area contributed by atoms with Crippen LogP contribution >= 0.6 is 35.1 Å². The summed E-state index contributed by atoms with van der Waals surface area (Å²) < 4.78 is 115. The van der Waals surface area contributed by atoms with Crippen LogP contribution in [0.1, 0.15) is 70.4 Å². The molecular formula is C30H27ClF8N2O6S2. The summed E-state index contributed by atoms with van der Waals surface area (Å²) in [4.78, 5) is 37.6. The van der Waals surface area contributed by atoms with Gasteiger partial charge in [0, 0.05) is 12.1 Å². The molecule has 2 aromatic carbocycles. The normalized spacial score (nSPS) is 11.7. The van der Waals surface area contributed by atoms with Crippen LogP contribution < -0.4 is 9.47 Å². The van der Waals surface area contributed by atoms with Gasteiger partial charge in [0.2, 0.25) is 16.0 Å². The third-order valence-corrected chi connectivity index (χ3v) is 7.56. The van der Waals surface area contributed by atoms with Crippen LogP contribution in [0.5, 0.6) is 17.2 Å². The number of thioether (sulfide) groups is 2. The molecule has 0 amide bonds. The zero-order valence-corrected chi connectivity index (χ0v) is 28.5. The predicted octanol–water partition coefficient (Wildman–Crippen LogP) is 10.7. The minimum absolute atomic E-state index is 0.0111. The van der Waals surface area contributed by atoms with Gasteiger partial charge in [0.1, 0.15) is 17.2 Å². The average Bonchev–Trinajstić information content (AvgIpc) is 2.99. The molecule has 0 bridgehead atoms. The van der Waals surface area contributed by atoms with Gasteiger partial charge in [-0.2, -0.15) is 26.3 Å². The second-order valence-electron chi connectivity index (χ2n) is 10.0. The maximum Gasteiger partial charge on any atom is 0.434 e. The Balaban J connectivity index is 0.000000340. The van der Waals surface area contributed by atoms with Gasteiger partial charge >= 0.3 is 18.0 Å². The lowest BCUT2D eigenvalue weighted by Gasteiger charge is -2.21. The van der Waals surface area contributed by atoms with Crippen LogP contribution in [-0.4, -0.2) is 39.3 Å². The van der Waals surface area contributed by atoms with Crippen molar-refractivity contribution in [2.45, 2.75) is 46.0 Å². The third-order valence-electron chi connectivity index (χ3n) is 6.11. The first-order valence-electron chi connectivity index (χ1n) is 13.7.